The second kappa shape index (κ2) is 5.21. The fourth-order valence-electron chi connectivity index (χ4n) is 3.57. The van der Waals surface area contributed by atoms with E-state index in [9.17, 15) is 8.42 Å². The van der Waals surface area contributed by atoms with Gasteiger partial charge in [-0.25, -0.2) is 0 Å². The Morgan fingerprint density at radius 1 is 1.14 bits per heavy atom. The van der Waals surface area contributed by atoms with Crippen LogP contribution in [0.15, 0.2) is 30.5 Å². The van der Waals surface area contributed by atoms with E-state index in [4.69, 9.17) is 0 Å². The van der Waals surface area contributed by atoms with Crippen molar-refractivity contribution in [1.82, 2.24) is 9.29 Å². The third-order valence-electron chi connectivity index (χ3n) is 4.71. The fraction of sp³-hybridized carbons (Fsp3) is 0.438. The van der Waals surface area contributed by atoms with E-state index in [0.717, 1.165) is 42.1 Å². The Hall–Kier alpha value is -1.66. The average Bonchev–Trinajstić information content (AvgIpc) is 2.54. The first-order valence-electron chi connectivity index (χ1n) is 7.81. The van der Waals surface area contributed by atoms with Crippen molar-refractivity contribution in [1.29, 1.82) is 0 Å². The van der Waals surface area contributed by atoms with Crippen molar-refractivity contribution in [2.24, 2.45) is 0 Å². The molecule has 4 rings (SSSR count). The molecule has 5 nitrogen and oxygen atoms in total. The van der Waals surface area contributed by atoms with E-state index < -0.39 is 10.2 Å². The molecule has 1 fully saturated rings. The Morgan fingerprint density at radius 2 is 1.95 bits per heavy atom. The molecule has 0 amide bonds. The molecule has 1 aliphatic heterocycles. The molecule has 1 aliphatic carbocycles. The molecule has 1 aromatic carbocycles. The van der Waals surface area contributed by atoms with Gasteiger partial charge in [0.05, 0.1) is 11.2 Å². The van der Waals surface area contributed by atoms with Crippen molar-refractivity contribution in [2.75, 3.05) is 4.72 Å². The number of hydrogen-bond donors (Lipinski definition) is 1. The molecular formula is C16H19N3O2S. The monoisotopic (exact) mass is 317 g/mol. The number of nitrogens with one attached hydrogen (secondary N) is 1. The summed E-state index contributed by atoms with van der Waals surface area (Å²) in [5.41, 5.74) is 2.38. The molecule has 0 radical (unpaired) electrons. The number of nitrogens with zero attached hydrogens (tertiary/aromatic N) is 2. The lowest BCUT2D eigenvalue weighted by Gasteiger charge is -2.37. The Kier molecular flexibility index (Phi) is 3.31. The summed E-state index contributed by atoms with van der Waals surface area (Å²) in [5, 5.41) is 0.954. The Bertz CT molecular complexity index is 813. The van der Waals surface area contributed by atoms with Gasteiger partial charge in [0.25, 0.3) is 0 Å². The summed E-state index contributed by atoms with van der Waals surface area (Å²) in [5.74, 6) is 0. The van der Waals surface area contributed by atoms with Crippen molar-refractivity contribution in [3.8, 4) is 0 Å². The molecule has 2 aliphatic rings. The van der Waals surface area contributed by atoms with Crippen molar-refractivity contribution >= 4 is 26.8 Å². The van der Waals surface area contributed by atoms with E-state index in [-0.39, 0.29) is 6.04 Å². The largest absolute Gasteiger partial charge is 0.302 e. The Balaban J connectivity index is 1.78. The molecule has 2 aromatic rings. The van der Waals surface area contributed by atoms with Gasteiger partial charge in [-0.05, 0) is 24.5 Å². The second-order valence-corrected chi connectivity index (χ2v) is 7.74. The first kappa shape index (κ1) is 14.0. The van der Waals surface area contributed by atoms with Crippen LogP contribution < -0.4 is 4.72 Å². The lowest BCUT2D eigenvalue weighted by atomic mass is 9.95. The van der Waals surface area contributed by atoms with Gasteiger partial charge < -0.3 is 0 Å². The zero-order chi connectivity index (χ0) is 15.2. The number of anilines is 1. The number of hydrogen-bond acceptors (Lipinski definition) is 3. The molecule has 6 heteroatoms. The molecule has 1 N–H and O–H groups in total. The topological polar surface area (TPSA) is 62.3 Å². The van der Waals surface area contributed by atoms with Crippen LogP contribution in [0.5, 0.6) is 0 Å². The Morgan fingerprint density at radius 3 is 2.77 bits per heavy atom. The number of benzene rings is 1. The predicted molar refractivity (Wildman–Crippen MR) is 86.7 cm³/mol. The van der Waals surface area contributed by atoms with Gasteiger partial charge in [0, 0.05) is 24.2 Å². The lowest BCUT2D eigenvalue weighted by Crippen LogP contribution is -2.46. The number of fused-ring (bicyclic) bond motifs is 3. The highest BCUT2D eigenvalue weighted by molar-refractivity contribution is 7.90. The summed E-state index contributed by atoms with van der Waals surface area (Å²) in [7, 11) is -3.48. The van der Waals surface area contributed by atoms with Gasteiger partial charge in [-0.15, -0.1) is 0 Å². The molecule has 116 valence electrons. The van der Waals surface area contributed by atoms with E-state index in [2.05, 4.69) is 9.71 Å². The molecule has 0 atom stereocenters. The van der Waals surface area contributed by atoms with Crippen molar-refractivity contribution < 1.29 is 8.42 Å². The third kappa shape index (κ3) is 2.27. The summed E-state index contributed by atoms with van der Waals surface area (Å²) >= 11 is 0. The summed E-state index contributed by atoms with van der Waals surface area (Å²) in [4.78, 5) is 4.35. The number of pyridine rings is 1. The van der Waals surface area contributed by atoms with Gasteiger partial charge in [-0.3, -0.25) is 9.71 Å². The molecule has 0 unspecified atom stereocenters. The normalized spacial score (nSPS) is 22.2. The van der Waals surface area contributed by atoms with Crippen LogP contribution in [0.4, 0.5) is 5.69 Å². The maximum Gasteiger partial charge on any atom is 0.302 e. The molecule has 22 heavy (non-hydrogen) atoms. The highest BCUT2D eigenvalue weighted by Crippen LogP contribution is 2.35. The minimum atomic E-state index is -3.48. The average molecular weight is 317 g/mol. The molecule has 0 spiro atoms. The summed E-state index contributed by atoms with van der Waals surface area (Å²) < 4.78 is 29.8. The summed E-state index contributed by atoms with van der Waals surface area (Å²) in [6.45, 7) is 0.446. The van der Waals surface area contributed by atoms with Crippen molar-refractivity contribution in [3.05, 3.63) is 36.0 Å². The van der Waals surface area contributed by atoms with Gasteiger partial charge in [0.1, 0.15) is 0 Å². The van der Waals surface area contributed by atoms with Crippen molar-refractivity contribution in [2.45, 2.75) is 44.7 Å². The SMILES string of the molecule is O=S1(=O)Nc2c(ccc3cccnc23)CN1C1CCCCC1. The maximum absolute atomic E-state index is 12.7. The van der Waals surface area contributed by atoms with Crippen LogP contribution in [-0.2, 0) is 16.8 Å². The van der Waals surface area contributed by atoms with Gasteiger partial charge in [-0.2, -0.15) is 12.7 Å². The standard InChI is InChI=1S/C16H19N3O2S/c20-22(21)18-16-13(9-8-12-5-4-10-17-15(12)16)11-19(22)14-6-2-1-3-7-14/h4-5,8-10,14,18H,1-3,6-7,11H2. The minimum absolute atomic E-state index is 0.124. The van der Waals surface area contributed by atoms with E-state index in [1.807, 2.05) is 24.3 Å². The maximum atomic E-state index is 12.7. The van der Waals surface area contributed by atoms with Gasteiger partial charge in [-0.1, -0.05) is 37.5 Å². The molecule has 1 saturated carbocycles. The smallest absolute Gasteiger partial charge is 0.268 e. The fourth-order valence-corrected chi connectivity index (χ4v) is 5.08. The van der Waals surface area contributed by atoms with Crippen LogP contribution in [0.3, 0.4) is 0 Å². The highest BCUT2D eigenvalue weighted by Gasteiger charge is 2.36. The van der Waals surface area contributed by atoms with Crippen LogP contribution in [0.25, 0.3) is 10.9 Å². The van der Waals surface area contributed by atoms with Crippen LogP contribution in [0, 0.1) is 0 Å². The van der Waals surface area contributed by atoms with Crippen LogP contribution in [0.1, 0.15) is 37.7 Å². The van der Waals surface area contributed by atoms with Gasteiger partial charge in [0.2, 0.25) is 0 Å². The van der Waals surface area contributed by atoms with Gasteiger partial charge >= 0.3 is 10.2 Å². The molecular weight excluding hydrogens is 298 g/mol. The first-order valence-corrected chi connectivity index (χ1v) is 9.25. The number of aromatic nitrogens is 1. The molecule has 1 aromatic heterocycles. The van der Waals surface area contributed by atoms with E-state index in [0.29, 0.717) is 12.2 Å². The summed E-state index contributed by atoms with van der Waals surface area (Å²) in [6, 6.07) is 7.96. The minimum Gasteiger partial charge on any atom is -0.268 e. The van der Waals surface area contributed by atoms with Gasteiger partial charge in [0.15, 0.2) is 0 Å². The second-order valence-electron chi connectivity index (χ2n) is 6.12. The third-order valence-corrected chi connectivity index (χ3v) is 6.22. The Labute approximate surface area is 130 Å². The highest BCUT2D eigenvalue weighted by atomic mass is 32.2. The quantitative estimate of drug-likeness (QED) is 0.879. The van der Waals surface area contributed by atoms with Crippen molar-refractivity contribution in [3.63, 3.8) is 0 Å². The van der Waals surface area contributed by atoms with E-state index in [1.54, 1.807) is 10.5 Å². The van der Waals surface area contributed by atoms with Crippen LogP contribution in [0.2, 0.25) is 0 Å². The van der Waals surface area contributed by atoms with E-state index >= 15 is 0 Å². The lowest BCUT2D eigenvalue weighted by molar-refractivity contribution is 0.247. The number of rotatable bonds is 1. The molecule has 0 saturated heterocycles. The van der Waals surface area contributed by atoms with E-state index in [1.165, 1.54) is 6.42 Å². The van der Waals surface area contributed by atoms with Crippen LogP contribution in [-0.4, -0.2) is 23.7 Å². The predicted octanol–water partition coefficient (Wildman–Crippen LogP) is 3.04. The molecule has 2 heterocycles. The van der Waals surface area contributed by atoms with Crippen LogP contribution >= 0.6 is 0 Å². The summed E-state index contributed by atoms with van der Waals surface area (Å²) in [6.07, 6.45) is 7.06. The molecule has 0 bridgehead atoms. The first-order chi connectivity index (χ1) is 10.6. The zero-order valence-electron chi connectivity index (χ0n) is 12.3. The zero-order valence-corrected chi connectivity index (χ0v) is 13.1.